The zero-order chi connectivity index (χ0) is 12.7. The van der Waals surface area contributed by atoms with Gasteiger partial charge in [0, 0.05) is 6.42 Å². The number of carbonyl (C=O) groups excluding carboxylic acids is 1. The second-order valence-corrected chi connectivity index (χ2v) is 5.44. The maximum absolute atomic E-state index is 12.0. The summed E-state index contributed by atoms with van der Waals surface area (Å²) in [6.45, 7) is 0. The molecule has 94 valence electrons. The number of aromatic nitrogens is 4. The van der Waals surface area contributed by atoms with Crippen molar-refractivity contribution in [2.75, 3.05) is 5.73 Å². The number of fused-ring (bicyclic) bond motifs is 1. The standard InChI is InChI=1S/C11H12IN5O/c12-9-8-10(13)14-5-15-11(8)17(16-9)6-3-1-2-4-7(6)18/h5-6H,1-4H2,(H2,13,14,15). The van der Waals surface area contributed by atoms with E-state index in [4.69, 9.17) is 5.73 Å². The highest BCUT2D eigenvalue weighted by Crippen LogP contribution is 2.30. The first-order chi connectivity index (χ1) is 8.68. The Morgan fingerprint density at radius 2 is 2.22 bits per heavy atom. The first-order valence-electron chi connectivity index (χ1n) is 5.85. The van der Waals surface area contributed by atoms with Crippen molar-refractivity contribution in [3.63, 3.8) is 0 Å². The molecule has 2 aromatic rings. The topological polar surface area (TPSA) is 86.7 Å². The number of hydrogen-bond donors (Lipinski definition) is 1. The highest BCUT2D eigenvalue weighted by Gasteiger charge is 2.27. The normalized spacial score (nSPS) is 20.5. The van der Waals surface area contributed by atoms with E-state index < -0.39 is 0 Å². The fourth-order valence-electron chi connectivity index (χ4n) is 2.39. The van der Waals surface area contributed by atoms with Gasteiger partial charge in [0.2, 0.25) is 0 Å². The van der Waals surface area contributed by atoms with Crippen molar-refractivity contribution in [3.8, 4) is 0 Å². The summed E-state index contributed by atoms with van der Waals surface area (Å²) in [7, 11) is 0. The van der Waals surface area contributed by atoms with Crippen LogP contribution in [0.4, 0.5) is 5.82 Å². The predicted molar refractivity (Wildman–Crippen MR) is 75.0 cm³/mol. The summed E-state index contributed by atoms with van der Waals surface area (Å²) >= 11 is 2.10. The van der Waals surface area contributed by atoms with Crippen molar-refractivity contribution < 1.29 is 4.79 Å². The fourth-order valence-corrected chi connectivity index (χ4v) is 3.14. The van der Waals surface area contributed by atoms with Gasteiger partial charge in [-0.15, -0.1) is 0 Å². The molecule has 2 N–H and O–H groups in total. The first kappa shape index (κ1) is 11.8. The Hall–Kier alpha value is -1.25. The summed E-state index contributed by atoms with van der Waals surface area (Å²) in [6, 6.07) is -0.195. The molecular formula is C11H12IN5O. The Bertz CT molecular complexity index is 623. The largest absolute Gasteiger partial charge is 0.383 e. The summed E-state index contributed by atoms with van der Waals surface area (Å²) in [6.07, 6.45) is 4.90. The highest BCUT2D eigenvalue weighted by molar-refractivity contribution is 14.1. The van der Waals surface area contributed by atoms with E-state index in [1.807, 2.05) is 0 Å². The van der Waals surface area contributed by atoms with Crippen molar-refractivity contribution in [3.05, 3.63) is 10.0 Å². The molecule has 1 atom stereocenters. The van der Waals surface area contributed by atoms with Crippen LogP contribution in [0.3, 0.4) is 0 Å². The van der Waals surface area contributed by atoms with E-state index in [-0.39, 0.29) is 11.8 Å². The Kier molecular flexibility index (Phi) is 2.92. The minimum absolute atomic E-state index is 0.195. The highest BCUT2D eigenvalue weighted by atomic mass is 127. The number of carbonyl (C=O) groups is 1. The molecule has 3 rings (SSSR count). The molecule has 1 aliphatic rings. The molecule has 0 amide bonds. The molecule has 6 nitrogen and oxygen atoms in total. The van der Waals surface area contributed by atoms with Crippen LogP contribution in [-0.2, 0) is 4.79 Å². The van der Waals surface area contributed by atoms with Gasteiger partial charge in [0.05, 0.1) is 5.39 Å². The number of ketones is 1. The van der Waals surface area contributed by atoms with Crippen LogP contribution in [-0.4, -0.2) is 25.5 Å². The van der Waals surface area contributed by atoms with Crippen LogP contribution in [0.1, 0.15) is 31.7 Å². The zero-order valence-corrected chi connectivity index (χ0v) is 11.8. The summed E-state index contributed by atoms with van der Waals surface area (Å²) in [5, 5.41) is 5.17. The third-order valence-corrected chi connectivity index (χ3v) is 4.05. The molecule has 7 heteroatoms. The number of nitrogen functional groups attached to an aromatic ring is 1. The summed E-state index contributed by atoms with van der Waals surface area (Å²) in [5.41, 5.74) is 6.50. The van der Waals surface area contributed by atoms with E-state index >= 15 is 0 Å². The van der Waals surface area contributed by atoms with Crippen LogP contribution in [0.5, 0.6) is 0 Å². The molecule has 1 saturated carbocycles. The van der Waals surface area contributed by atoms with Gasteiger partial charge in [-0.1, -0.05) is 6.42 Å². The smallest absolute Gasteiger partial charge is 0.165 e. The molecular weight excluding hydrogens is 345 g/mol. The van der Waals surface area contributed by atoms with Gasteiger partial charge in [-0.2, -0.15) is 5.10 Å². The van der Waals surface area contributed by atoms with E-state index in [9.17, 15) is 4.79 Å². The monoisotopic (exact) mass is 357 g/mol. The van der Waals surface area contributed by atoms with E-state index in [1.165, 1.54) is 6.33 Å². The van der Waals surface area contributed by atoms with Crippen LogP contribution in [0, 0.1) is 3.70 Å². The summed E-state index contributed by atoms with van der Waals surface area (Å²) in [4.78, 5) is 20.2. The van der Waals surface area contributed by atoms with Gasteiger partial charge in [0.15, 0.2) is 11.4 Å². The quantitative estimate of drug-likeness (QED) is 0.785. The number of anilines is 1. The predicted octanol–water partition coefficient (Wildman–Crippen LogP) is 1.70. The molecule has 18 heavy (non-hydrogen) atoms. The summed E-state index contributed by atoms with van der Waals surface area (Å²) in [5.74, 6) is 0.651. The van der Waals surface area contributed by atoms with Crippen molar-refractivity contribution in [1.29, 1.82) is 0 Å². The van der Waals surface area contributed by atoms with Gasteiger partial charge in [-0.25, -0.2) is 14.6 Å². The maximum atomic E-state index is 12.0. The number of nitrogens with two attached hydrogens (primary N) is 1. The Balaban J connectivity index is 2.18. The average molecular weight is 357 g/mol. The maximum Gasteiger partial charge on any atom is 0.165 e. The van der Waals surface area contributed by atoms with Crippen LogP contribution < -0.4 is 5.73 Å². The van der Waals surface area contributed by atoms with E-state index in [0.29, 0.717) is 17.9 Å². The number of halogens is 1. The Labute approximate surface area is 117 Å². The Morgan fingerprint density at radius 1 is 1.39 bits per heavy atom. The van der Waals surface area contributed by atoms with Gasteiger partial charge < -0.3 is 5.73 Å². The third-order valence-electron chi connectivity index (χ3n) is 3.29. The number of Topliss-reactive ketones (excluding diaryl/α,β-unsaturated/α-hetero) is 1. The Morgan fingerprint density at radius 3 is 3.00 bits per heavy atom. The zero-order valence-electron chi connectivity index (χ0n) is 9.64. The minimum Gasteiger partial charge on any atom is -0.383 e. The van der Waals surface area contributed by atoms with Crippen LogP contribution in [0.2, 0.25) is 0 Å². The molecule has 1 unspecified atom stereocenters. The van der Waals surface area contributed by atoms with Crippen LogP contribution in [0.15, 0.2) is 6.33 Å². The third kappa shape index (κ3) is 1.76. The molecule has 0 spiro atoms. The van der Waals surface area contributed by atoms with Gasteiger partial charge >= 0.3 is 0 Å². The molecule has 0 saturated heterocycles. The lowest BCUT2D eigenvalue weighted by atomic mass is 9.94. The van der Waals surface area contributed by atoms with Gasteiger partial charge in [0.25, 0.3) is 0 Å². The molecule has 0 radical (unpaired) electrons. The average Bonchev–Trinajstić information content (AvgIpc) is 2.69. The van der Waals surface area contributed by atoms with Crippen LogP contribution >= 0.6 is 22.6 Å². The van der Waals surface area contributed by atoms with Gasteiger partial charge in [-0.3, -0.25) is 4.79 Å². The molecule has 1 fully saturated rings. The van der Waals surface area contributed by atoms with E-state index in [1.54, 1.807) is 4.68 Å². The lowest BCUT2D eigenvalue weighted by Crippen LogP contribution is -2.24. The molecule has 0 bridgehead atoms. The molecule has 0 aromatic carbocycles. The second-order valence-electron chi connectivity index (χ2n) is 4.42. The van der Waals surface area contributed by atoms with Crippen LogP contribution in [0.25, 0.3) is 11.0 Å². The number of rotatable bonds is 1. The fraction of sp³-hybridized carbons (Fsp3) is 0.455. The van der Waals surface area contributed by atoms with Crippen molar-refractivity contribution in [2.24, 2.45) is 0 Å². The number of hydrogen-bond acceptors (Lipinski definition) is 5. The lowest BCUT2D eigenvalue weighted by molar-refractivity contribution is -0.124. The molecule has 0 aliphatic heterocycles. The second kappa shape index (κ2) is 4.45. The molecule has 2 aromatic heterocycles. The molecule has 1 aliphatic carbocycles. The van der Waals surface area contributed by atoms with E-state index in [2.05, 4.69) is 37.7 Å². The SMILES string of the molecule is Nc1ncnc2c1c(I)nn2C1CCCCC1=O. The van der Waals surface area contributed by atoms with Crippen molar-refractivity contribution >= 4 is 45.2 Å². The molecule has 2 heterocycles. The van der Waals surface area contributed by atoms with Crippen molar-refractivity contribution in [2.45, 2.75) is 31.7 Å². The number of nitrogens with zero attached hydrogens (tertiary/aromatic N) is 4. The minimum atomic E-state index is -0.195. The van der Waals surface area contributed by atoms with Gasteiger partial charge in [0.1, 0.15) is 21.9 Å². The van der Waals surface area contributed by atoms with Gasteiger partial charge in [-0.05, 0) is 35.4 Å². The first-order valence-corrected chi connectivity index (χ1v) is 6.93. The van der Waals surface area contributed by atoms with E-state index in [0.717, 1.165) is 28.3 Å². The summed E-state index contributed by atoms with van der Waals surface area (Å²) < 4.78 is 2.47. The lowest BCUT2D eigenvalue weighted by Gasteiger charge is -2.20. The van der Waals surface area contributed by atoms with Crippen molar-refractivity contribution in [1.82, 2.24) is 19.7 Å².